The Morgan fingerprint density at radius 1 is 0.172 bits per heavy atom. The summed E-state index contributed by atoms with van der Waals surface area (Å²) in [5.41, 5.74) is 23.5. The van der Waals surface area contributed by atoms with E-state index in [1.54, 1.807) is 0 Å². The fourth-order valence-electron chi connectivity index (χ4n) is 12.2. The van der Waals surface area contributed by atoms with Crippen LogP contribution < -0.4 is 0 Å². The van der Waals surface area contributed by atoms with E-state index in [0.717, 1.165) is 100 Å². The van der Waals surface area contributed by atoms with Crippen LogP contribution in [0.4, 0.5) is 0 Å². The minimum absolute atomic E-state index is 0.330. The second kappa shape index (κ2) is 22.3. The van der Waals surface area contributed by atoms with Gasteiger partial charge in [0.15, 0.2) is 34.9 Å². The van der Waals surface area contributed by atoms with Gasteiger partial charge in [0.05, 0.1) is 0 Å². The number of fused-ring (bicyclic) bond motifs is 3. The average Bonchev–Trinajstić information content (AvgIpc) is 1.70. The summed E-state index contributed by atoms with van der Waals surface area (Å²) in [6, 6.07) is 107. The fraction of sp³-hybridized carbons (Fsp3) is 0.0370. The monoisotopic (exact) mass is 1110 g/mol. The maximum absolute atomic E-state index is 5.27. The molecule has 0 radical (unpaired) electrons. The molecule has 12 aromatic carbocycles. The van der Waals surface area contributed by atoms with Gasteiger partial charge in [-0.3, -0.25) is 0 Å². The van der Waals surface area contributed by atoms with Crippen LogP contribution in [-0.2, 0) is 5.41 Å². The highest BCUT2D eigenvalue weighted by Crippen LogP contribution is 2.51. The van der Waals surface area contributed by atoms with Gasteiger partial charge >= 0.3 is 0 Å². The molecule has 0 bridgehead atoms. The summed E-state index contributed by atoms with van der Waals surface area (Å²) in [7, 11) is 0. The first-order chi connectivity index (χ1) is 42.8. The second-order valence-corrected chi connectivity index (χ2v) is 22.7. The molecule has 2 aromatic heterocycles. The molecular weight excluding hydrogens is 1060 g/mol. The molecule has 2 heterocycles. The quantitative estimate of drug-likeness (QED) is 0.121. The molecule has 0 spiro atoms. The van der Waals surface area contributed by atoms with Crippen molar-refractivity contribution < 1.29 is 0 Å². The van der Waals surface area contributed by atoms with Crippen LogP contribution >= 0.6 is 0 Å². The number of aromatic nitrogens is 6. The molecule has 0 N–H and O–H groups in total. The number of benzene rings is 12. The van der Waals surface area contributed by atoms with Gasteiger partial charge in [-0.05, 0) is 138 Å². The van der Waals surface area contributed by atoms with Gasteiger partial charge in [0.25, 0.3) is 0 Å². The topological polar surface area (TPSA) is 77.3 Å². The zero-order valence-corrected chi connectivity index (χ0v) is 48.1. The molecular formula is C81H56N6. The maximum atomic E-state index is 5.27. The van der Waals surface area contributed by atoms with Gasteiger partial charge in [-0.25, -0.2) is 29.9 Å². The molecule has 0 aliphatic heterocycles. The lowest BCUT2D eigenvalue weighted by molar-refractivity contribution is 0.661. The lowest BCUT2D eigenvalue weighted by Gasteiger charge is -2.22. The molecule has 0 unspecified atom stereocenters. The van der Waals surface area contributed by atoms with Crippen molar-refractivity contribution in [2.75, 3.05) is 0 Å². The summed E-state index contributed by atoms with van der Waals surface area (Å²) >= 11 is 0. The molecule has 1 aliphatic carbocycles. The SMILES string of the molecule is CC1(C)c2cc(-c3cccc(-c4cccc(-c5nc(-c6cccc(-c7ccccc7)c6)nc(-c6cccc(-c7ccccc7)c6)n5)c4)c3)ccc2-c2ccc(-c3nc(-c4cccc(-c5ccccc5)c4)nc(-c4cccc(-c5ccccc5)c4)n3)cc21. The molecule has 0 fully saturated rings. The number of nitrogens with zero attached hydrogens (tertiary/aromatic N) is 6. The Hall–Kier alpha value is -11.3. The van der Waals surface area contributed by atoms with Gasteiger partial charge in [0.2, 0.25) is 0 Å². The third-order valence-corrected chi connectivity index (χ3v) is 16.8. The van der Waals surface area contributed by atoms with E-state index in [2.05, 4.69) is 293 Å². The highest BCUT2D eigenvalue weighted by molar-refractivity contribution is 5.87. The predicted molar refractivity (Wildman–Crippen MR) is 356 cm³/mol. The molecule has 15 rings (SSSR count). The molecule has 14 aromatic rings. The minimum Gasteiger partial charge on any atom is -0.208 e. The van der Waals surface area contributed by atoms with Crippen molar-refractivity contribution in [3.05, 3.63) is 314 Å². The molecule has 0 saturated heterocycles. The molecule has 6 heteroatoms. The highest BCUT2D eigenvalue weighted by Gasteiger charge is 2.36. The molecule has 0 atom stereocenters. The van der Waals surface area contributed by atoms with Gasteiger partial charge in [-0.2, -0.15) is 0 Å². The number of rotatable bonds is 12. The molecule has 0 saturated carbocycles. The van der Waals surface area contributed by atoms with Crippen LogP contribution in [-0.4, -0.2) is 29.9 Å². The summed E-state index contributed by atoms with van der Waals surface area (Å²) in [6.45, 7) is 4.67. The first kappa shape index (κ1) is 52.5. The first-order valence-corrected chi connectivity index (χ1v) is 29.5. The Balaban J connectivity index is 0.762. The molecule has 6 nitrogen and oxygen atoms in total. The molecule has 1 aliphatic rings. The average molecular weight is 1110 g/mol. The summed E-state index contributed by atoms with van der Waals surface area (Å²) in [4.78, 5) is 31.4. The number of hydrogen-bond donors (Lipinski definition) is 0. The summed E-state index contributed by atoms with van der Waals surface area (Å²) in [6.07, 6.45) is 0. The third-order valence-electron chi connectivity index (χ3n) is 16.8. The van der Waals surface area contributed by atoms with Gasteiger partial charge in [-0.15, -0.1) is 0 Å². The van der Waals surface area contributed by atoms with Crippen LogP contribution in [0.5, 0.6) is 0 Å². The summed E-state index contributed by atoms with van der Waals surface area (Å²) in [5.74, 6) is 3.69. The van der Waals surface area contributed by atoms with Crippen molar-refractivity contribution in [3.8, 4) is 146 Å². The van der Waals surface area contributed by atoms with Gasteiger partial charge < -0.3 is 0 Å². The number of hydrogen-bond acceptors (Lipinski definition) is 6. The zero-order chi connectivity index (χ0) is 58.3. The molecule has 410 valence electrons. The fourth-order valence-corrected chi connectivity index (χ4v) is 12.2. The van der Waals surface area contributed by atoms with Gasteiger partial charge in [0, 0.05) is 38.8 Å². The Kier molecular flexibility index (Phi) is 13.5. The third kappa shape index (κ3) is 10.4. The normalized spacial score (nSPS) is 12.1. The molecule has 0 amide bonds. The van der Waals surface area contributed by atoms with Crippen molar-refractivity contribution >= 4 is 0 Å². The van der Waals surface area contributed by atoms with E-state index < -0.39 is 0 Å². The Morgan fingerprint density at radius 2 is 0.356 bits per heavy atom. The van der Waals surface area contributed by atoms with Crippen LogP contribution in [0.15, 0.2) is 303 Å². The van der Waals surface area contributed by atoms with Crippen molar-refractivity contribution in [2.45, 2.75) is 19.3 Å². The van der Waals surface area contributed by atoms with Crippen LogP contribution in [0.1, 0.15) is 25.0 Å². The van der Waals surface area contributed by atoms with Crippen molar-refractivity contribution in [2.24, 2.45) is 0 Å². The van der Waals surface area contributed by atoms with E-state index in [0.29, 0.717) is 34.9 Å². The van der Waals surface area contributed by atoms with E-state index in [1.807, 2.05) is 24.3 Å². The van der Waals surface area contributed by atoms with Crippen molar-refractivity contribution in [1.82, 2.24) is 29.9 Å². The van der Waals surface area contributed by atoms with E-state index in [-0.39, 0.29) is 5.41 Å². The van der Waals surface area contributed by atoms with Gasteiger partial charge in [0.1, 0.15) is 0 Å². The second-order valence-electron chi connectivity index (χ2n) is 22.7. The smallest absolute Gasteiger partial charge is 0.164 e. The van der Waals surface area contributed by atoms with Crippen LogP contribution in [0.3, 0.4) is 0 Å². The maximum Gasteiger partial charge on any atom is 0.164 e. The van der Waals surface area contributed by atoms with E-state index in [9.17, 15) is 0 Å². The summed E-state index contributed by atoms with van der Waals surface area (Å²) < 4.78 is 0. The van der Waals surface area contributed by atoms with Gasteiger partial charge in [-0.1, -0.05) is 269 Å². The van der Waals surface area contributed by atoms with E-state index in [1.165, 1.54) is 22.3 Å². The summed E-state index contributed by atoms with van der Waals surface area (Å²) in [5, 5.41) is 0. The van der Waals surface area contributed by atoms with E-state index >= 15 is 0 Å². The largest absolute Gasteiger partial charge is 0.208 e. The first-order valence-electron chi connectivity index (χ1n) is 29.5. The lowest BCUT2D eigenvalue weighted by atomic mass is 9.81. The Labute approximate surface area is 507 Å². The van der Waals surface area contributed by atoms with Crippen molar-refractivity contribution in [3.63, 3.8) is 0 Å². The van der Waals surface area contributed by atoms with Crippen LogP contribution in [0, 0.1) is 0 Å². The van der Waals surface area contributed by atoms with E-state index in [4.69, 9.17) is 29.9 Å². The standard InChI is InChI=1S/C81H56N6/c1-81(2)73-51-64(41-43-71(73)72-44-42-70(52-74(72)81)80-86-77(67-38-18-31-59(48-67)55-25-11-5-12-26-55)85-78(87-80)68-39-19-32-60(49-68)56-27-13-6-14-28-56)62-34-15-33-61(45-62)63-35-20-40-69(50-63)79-83-75(65-36-16-29-57(46-65)53-21-7-3-8-22-53)82-76(84-79)66-37-17-30-58(47-66)54-23-9-4-10-24-54/h3-52H,1-2H3. The Morgan fingerprint density at radius 3 is 0.632 bits per heavy atom. The van der Waals surface area contributed by atoms with Crippen LogP contribution in [0.25, 0.3) is 146 Å². The highest BCUT2D eigenvalue weighted by atomic mass is 15.0. The lowest BCUT2D eigenvalue weighted by Crippen LogP contribution is -2.15. The van der Waals surface area contributed by atoms with Crippen molar-refractivity contribution in [1.29, 1.82) is 0 Å². The van der Waals surface area contributed by atoms with Crippen LogP contribution in [0.2, 0.25) is 0 Å². The predicted octanol–water partition coefficient (Wildman–Crippen LogP) is 20.4. The zero-order valence-electron chi connectivity index (χ0n) is 48.1. The minimum atomic E-state index is -0.330. The Bertz CT molecular complexity index is 4680. The molecule has 87 heavy (non-hydrogen) atoms.